The topological polar surface area (TPSA) is 158 Å². The van der Waals surface area contributed by atoms with Crippen molar-refractivity contribution in [1.82, 2.24) is 14.9 Å². The highest BCUT2D eigenvalue weighted by Gasteiger charge is 2.23. The second kappa shape index (κ2) is 5.21. The van der Waals surface area contributed by atoms with E-state index in [4.69, 9.17) is 28.9 Å². The molecule has 1 amide bonds. The number of nitrogens with one attached hydrogen (secondary N) is 2. The number of H-pyrrole nitrogens is 1. The Morgan fingerprint density at radius 3 is 2.57 bits per heavy atom. The van der Waals surface area contributed by atoms with Gasteiger partial charge >= 0.3 is 0 Å². The van der Waals surface area contributed by atoms with Gasteiger partial charge in [0, 0.05) is 10.7 Å². The first kappa shape index (κ1) is 14.7. The molecule has 2 aromatic heterocycles. The summed E-state index contributed by atoms with van der Waals surface area (Å²) in [6.45, 7) is 0. The van der Waals surface area contributed by atoms with E-state index in [-0.39, 0.29) is 28.1 Å². The molecule has 0 aliphatic carbocycles. The lowest BCUT2D eigenvalue weighted by Gasteiger charge is -2.11. The smallest absolute Gasteiger partial charge is 0.283 e. The zero-order valence-electron chi connectivity index (χ0n) is 11.6. The maximum absolute atomic E-state index is 12.5. The first-order valence-electron chi connectivity index (χ1n) is 6.40. The van der Waals surface area contributed by atoms with Gasteiger partial charge in [-0.1, -0.05) is 11.6 Å². The van der Waals surface area contributed by atoms with Gasteiger partial charge in [-0.2, -0.15) is 5.10 Å². The van der Waals surface area contributed by atoms with E-state index in [1.54, 1.807) is 24.3 Å². The maximum atomic E-state index is 12.5. The zero-order valence-corrected chi connectivity index (χ0v) is 12.4. The second-order valence-corrected chi connectivity index (χ2v) is 5.19. The molecule has 0 saturated carbocycles. The van der Waals surface area contributed by atoms with E-state index < -0.39 is 11.5 Å². The quantitative estimate of drug-likeness (QED) is 0.430. The number of rotatable bonds is 2. The Kier molecular flexibility index (Phi) is 3.34. The van der Waals surface area contributed by atoms with Gasteiger partial charge in [0.25, 0.3) is 11.5 Å². The minimum Gasteiger partial charge on any atom is -0.383 e. The third-order valence-corrected chi connectivity index (χ3v) is 3.57. The van der Waals surface area contributed by atoms with Crippen molar-refractivity contribution in [3.05, 3.63) is 45.2 Å². The number of hydrogen-bond acceptors (Lipinski definition) is 6. The van der Waals surface area contributed by atoms with Crippen molar-refractivity contribution in [3.63, 3.8) is 0 Å². The number of carbonyl (C=O) groups excluding carboxylic acids is 1. The van der Waals surface area contributed by atoms with Crippen LogP contribution in [-0.4, -0.2) is 20.8 Å². The first-order chi connectivity index (χ1) is 10.9. The Balaban J connectivity index is 2.14. The molecule has 0 radical (unpaired) electrons. The normalized spacial score (nSPS) is 10.8. The molecule has 3 rings (SSSR count). The Morgan fingerprint density at radius 1 is 1.26 bits per heavy atom. The fraction of sp³-hybridized carbons (Fsp3) is 0. The van der Waals surface area contributed by atoms with Crippen LogP contribution in [0.5, 0.6) is 0 Å². The van der Waals surface area contributed by atoms with Crippen molar-refractivity contribution >= 4 is 45.7 Å². The number of hydrogen-bond donors (Lipinski definition) is 5. The average Bonchev–Trinajstić information content (AvgIpc) is 2.89. The van der Waals surface area contributed by atoms with Gasteiger partial charge < -0.3 is 22.6 Å². The van der Waals surface area contributed by atoms with Gasteiger partial charge in [-0.3, -0.25) is 14.7 Å². The van der Waals surface area contributed by atoms with E-state index in [9.17, 15) is 9.59 Å². The summed E-state index contributed by atoms with van der Waals surface area (Å²) < 4.78 is 0.658. The highest BCUT2D eigenvalue weighted by molar-refractivity contribution is 6.30. The van der Waals surface area contributed by atoms with Crippen LogP contribution in [0.25, 0.3) is 10.9 Å². The van der Waals surface area contributed by atoms with Gasteiger partial charge in [-0.05, 0) is 24.3 Å². The van der Waals surface area contributed by atoms with Crippen molar-refractivity contribution in [2.45, 2.75) is 0 Å². The maximum Gasteiger partial charge on any atom is 0.283 e. The predicted molar refractivity (Wildman–Crippen MR) is 88.7 cm³/mol. The average molecular weight is 334 g/mol. The number of halogens is 1. The van der Waals surface area contributed by atoms with E-state index in [0.717, 1.165) is 0 Å². The van der Waals surface area contributed by atoms with Gasteiger partial charge in [0.1, 0.15) is 16.8 Å². The van der Waals surface area contributed by atoms with Crippen LogP contribution in [0, 0.1) is 0 Å². The molecule has 0 saturated heterocycles. The minimum atomic E-state index is -0.646. The highest BCUT2D eigenvalue weighted by atomic mass is 35.5. The number of benzene rings is 1. The molecule has 10 heteroatoms. The van der Waals surface area contributed by atoms with Gasteiger partial charge in [-0.25, -0.2) is 4.68 Å². The summed E-state index contributed by atoms with van der Waals surface area (Å²) in [5.41, 5.74) is 11.4. The molecule has 9 nitrogen and oxygen atoms in total. The molecule has 0 unspecified atom stereocenters. The molecule has 0 spiro atoms. The molecule has 1 aromatic carbocycles. The van der Waals surface area contributed by atoms with Crippen molar-refractivity contribution in [1.29, 1.82) is 0 Å². The van der Waals surface area contributed by atoms with Crippen LogP contribution in [0.3, 0.4) is 0 Å². The fourth-order valence-corrected chi connectivity index (χ4v) is 2.31. The molecule has 0 bridgehead atoms. The number of nitrogens with zero attached hydrogens (tertiary/aromatic N) is 2. The Bertz CT molecular complexity index is 975. The summed E-state index contributed by atoms with van der Waals surface area (Å²) in [7, 11) is 0. The molecule has 118 valence electrons. The number of amides is 1. The van der Waals surface area contributed by atoms with Crippen LogP contribution in [0.4, 0.5) is 17.3 Å². The molecule has 23 heavy (non-hydrogen) atoms. The number of nitrogens with two attached hydrogens (primary N) is 3. The number of carbonyl (C=O) groups is 1. The van der Waals surface area contributed by atoms with Crippen LogP contribution in [0.2, 0.25) is 5.02 Å². The van der Waals surface area contributed by atoms with Gasteiger partial charge in [0.2, 0.25) is 0 Å². The van der Waals surface area contributed by atoms with E-state index in [0.29, 0.717) is 15.4 Å². The number of anilines is 3. The lowest BCUT2D eigenvalue weighted by atomic mass is 10.1. The summed E-state index contributed by atoms with van der Waals surface area (Å²) in [4.78, 5) is 24.6. The Labute approximate surface area is 134 Å². The molecule has 0 atom stereocenters. The lowest BCUT2D eigenvalue weighted by molar-refractivity contribution is 0.102. The second-order valence-electron chi connectivity index (χ2n) is 4.76. The summed E-state index contributed by atoms with van der Waals surface area (Å²) in [6.07, 6.45) is 0. The van der Waals surface area contributed by atoms with Crippen LogP contribution < -0.4 is 28.2 Å². The van der Waals surface area contributed by atoms with Crippen LogP contribution in [-0.2, 0) is 0 Å². The molecular formula is C13H12ClN7O2. The van der Waals surface area contributed by atoms with Gasteiger partial charge in [-0.15, -0.1) is 0 Å². The van der Waals surface area contributed by atoms with E-state index in [1.165, 1.54) is 0 Å². The van der Waals surface area contributed by atoms with Crippen molar-refractivity contribution in [2.75, 3.05) is 22.6 Å². The minimum absolute atomic E-state index is 0.00274. The van der Waals surface area contributed by atoms with Crippen LogP contribution >= 0.6 is 11.6 Å². The predicted octanol–water partition coefficient (Wildman–Crippen LogP) is 0.508. The molecule has 3 aromatic rings. The molecule has 0 aliphatic rings. The fourth-order valence-electron chi connectivity index (χ4n) is 2.19. The first-order valence-corrected chi connectivity index (χ1v) is 6.78. The summed E-state index contributed by atoms with van der Waals surface area (Å²) in [5.74, 6) is 4.77. The molecule has 0 aliphatic heterocycles. The van der Waals surface area contributed by atoms with Crippen molar-refractivity contribution in [2.24, 2.45) is 0 Å². The summed E-state index contributed by atoms with van der Waals surface area (Å²) in [5, 5.41) is 9.44. The number of fused-ring (bicyclic) bond motifs is 1. The Hall–Kier alpha value is -3.20. The summed E-state index contributed by atoms with van der Waals surface area (Å²) >= 11 is 5.80. The van der Waals surface area contributed by atoms with Crippen molar-refractivity contribution < 1.29 is 4.79 Å². The van der Waals surface area contributed by atoms with E-state index >= 15 is 0 Å². The van der Waals surface area contributed by atoms with Gasteiger partial charge in [0.15, 0.2) is 5.82 Å². The summed E-state index contributed by atoms with van der Waals surface area (Å²) in [6, 6.07) is 6.48. The number of nitrogen functional groups attached to an aromatic ring is 3. The lowest BCUT2D eigenvalue weighted by Crippen LogP contribution is -2.32. The monoisotopic (exact) mass is 333 g/mol. The standard InChI is InChI=1S/C13H12ClN7O2/c14-5-1-3-6(4-2-5)18-12(22)8-9-7(10(15)20-19-9)13(23)21(17)11(8)16/h1-4H,16-17H2,(H,18,22)(H3,15,19,20). The molecule has 0 fully saturated rings. The van der Waals surface area contributed by atoms with Crippen LogP contribution in [0.15, 0.2) is 29.1 Å². The van der Waals surface area contributed by atoms with Crippen LogP contribution in [0.1, 0.15) is 10.4 Å². The third kappa shape index (κ3) is 2.32. The third-order valence-electron chi connectivity index (χ3n) is 3.32. The zero-order chi connectivity index (χ0) is 16.7. The molecule has 8 N–H and O–H groups in total. The SMILES string of the molecule is Nc1n[nH]c2c(C(=O)Nc3ccc(Cl)cc3)c(N)n(N)c(=O)c12. The van der Waals surface area contributed by atoms with Crippen molar-refractivity contribution in [3.8, 4) is 0 Å². The number of aromatic amines is 1. The largest absolute Gasteiger partial charge is 0.383 e. The Morgan fingerprint density at radius 2 is 1.91 bits per heavy atom. The van der Waals surface area contributed by atoms with E-state index in [1.807, 2.05) is 0 Å². The van der Waals surface area contributed by atoms with E-state index in [2.05, 4.69) is 15.5 Å². The number of pyridine rings is 1. The molecule has 2 heterocycles. The van der Waals surface area contributed by atoms with Gasteiger partial charge in [0.05, 0.1) is 5.52 Å². The molecular weight excluding hydrogens is 322 g/mol. The highest BCUT2D eigenvalue weighted by Crippen LogP contribution is 2.23. The number of aromatic nitrogens is 3.